The Labute approximate surface area is 118 Å². The third kappa shape index (κ3) is 2.90. The van der Waals surface area contributed by atoms with Crippen LogP contribution in [0.3, 0.4) is 0 Å². The molecule has 1 aromatic carbocycles. The van der Waals surface area contributed by atoms with Crippen LogP contribution in [0.4, 0.5) is 5.82 Å². The molecule has 104 valence electrons. The second-order valence-electron chi connectivity index (χ2n) is 5.27. The van der Waals surface area contributed by atoms with Crippen LogP contribution < -0.4 is 10.9 Å². The van der Waals surface area contributed by atoms with Crippen molar-refractivity contribution in [2.24, 2.45) is 0 Å². The van der Waals surface area contributed by atoms with Crippen molar-refractivity contribution in [3.8, 4) is 0 Å². The normalized spacial score (nSPS) is 14.2. The van der Waals surface area contributed by atoms with E-state index in [1.54, 1.807) is 0 Å². The van der Waals surface area contributed by atoms with Gasteiger partial charge in [-0.3, -0.25) is 4.79 Å². The number of anilines is 1. The Morgan fingerprint density at radius 2 is 2.05 bits per heavy atom. The maximum Gasteiger partial charge on any atom is 0.252 e. The average Bonchev–Trinajstić information content (AvgIpc) is 3.29. The second-order valence-corrected chi connectivity index (χ2v) is 5.27. The molecule has 4 nitrogen and oxygen atoms in total. The van der Waals surface area contributed by atoms with E-state index in [0.29, 0.717) is 18.3 Å². The minimum absolute atomic E-state index is 0.0758. The van der Waals surface area contributed by atoms with Gasteiger partial charge < -0.3 is 10.3 Å². The molecular weight excluding hydrogens is 250 g/mol. The molecule has 0 radical (unpaired) electrons. The van der Waals surface area contributed by atoms with Gasteiger partial charge in [0.1, 0.15) is 11.6 Å². The molecular formula is C16H19N3O. The fraction of sp³-hybridized carbons (Fsp3) is 0.375. The molecule has 3 rings (SSSR count). The first kappa shape index (κ1) is 12.9. The second kappa shape index (κ2) is 5.49. The van der Waals surface area contributed by atoms with Crippen LogP contribution in [-0.4, -0.2) is 9.97 Å². The fourth-order valence-electron chi connectivity index (χ4n) is 2.38. The van der Waals surface area contributed by atoms with Gasteiger partial charge in [-0.25, -0.2) is 4.98 Å². The van der Waals surface area contributed by atoms with E-state index in [1.807, 2.05) is 6.07 Å². The molecule has 1 saturated carbocycles. The molecule has 0 unspecified atom stereocenters. The minimum Gasteiger partial charge on any atom is -0.366 e. The van der Waals surface area contributed by atoms with Crippen LogP contribution >= 0.6 is 0 Å². The molecule has 0 amide bonds. The molecule has 4 heteroatoms. The third-order valence-electron chi connectivity index (χ3n) is 3.68. The van der Waals surface area contributed by atoms with Crippen molar-refractivity contribution in [2.45, 2.75) is 38.6 Å². The Bertz CT molecular complexity index is 659. The number of aryl methyl sites for hydroxylation is 1. The van der Waals surface area contributed by atoms with E-state index in [4.69, 9.17) is 0 Å². The zero-order chi connectivity index (χ0) is 13.9. The van der Waals surface area contributed by atoms with Crippen LogP contribution in [0.1, 0.15) is 42.6 Å². The van der Waals surface area contributed by atoms with Gasteiger partial charge in [-0.2, -0.15) is 0 Å². The lowest BCUT2D eigenvalue weighted by Crippen LogP contribution is -2.13. The van der Waals surface area contributed by atoms with Gasteiger partial charge in [0, 0.05) is 18.5 Å². The Morgan fingerprint density at radius 3 is 2.75 bits per heavy atom. The summed E-state index contributed by atoms with van der Waals surface area (Å²) < 4.78 is 0. The fourth-order valence-corrected chi connectivity index (χ4v) is 2.38. The van der Waals surface area contributed by atoms with Crippen LogP contribution in [0.25, 0.3) is 0 Å². The van der Waals surface area contributed by atoms with Gasteiger partial charge >= 0.3 is 0 Å². The highest BCUT2D eigenvalue weighted by Crippen LogP contribution is 2.37. The van der Waals surface area contributed by atoms with Crippen molar-refractivity contribution >= 4 is 5.82 Å². The maximum atomic E-state index is 11.6. The summed E-state index contributed by atoms with van der Waals surface area (Å²) in [4.78, 5) is 19.0. The van der Waals surface area contributed by atoms with Crippen LogP contribution in [0.15, 0.2) is 35.1 Å². The Balaban J connectivity index is 1.76. The highest BCUT2D eigenvalue weighted by molar-refractivity contribution is 5.37. The molecule has 1 aliphatic carbocycles. The summed E-state index contributed by atoms with van der Waals surface area (Å²) in [5.41, 5.74) is 2.51. The Morgan fingerprint density at radius 1 is 1.30 bits per heavy atom. The summed E-state index contributed by atoms with van der Waals surface area (Å²) in [5.74, 6) is 1.94. The van der Waals surface area contributed by atoms with E-state index < -0.39 is 0 Å². The van der Waals surface area contributed by atoms with Crippen LogP contribution in [-0.2, 0) is 13.0 Å². The number of H-pyrrole nitrogens is 1. The minimum atomic E-state index is -0.0758. The number of nitrogens with zero attached hydrogens (tertiary/aromatic N) is 1. The highest BCUT2D eigenvalue weighted by Gasteiger charge is 2.26. The summed E-state index contributed by atoms with van der Waals surface area (Å²) >= 11 is 0. The number of nitrogens with one attached hydrogen (secondary N) is 2. The van der Waals surface area contributed by atoms with Gasteiger partial charge in [-0.15, -0.1) is 0 Å². The van der Waals surface area contributed by atoms with Gasteiger partial charge in [0.2, 0.25) is 0 Å². The molecule has 1 fully saturated rings. The molecule has 0 spiro atoms. The van der Waals surface area contributed by atoms with Gasteiger partial charge in [-0.05, 0) is 30.4 Å². The van der Waals surface area contributed by atoms with Gasteiger partial charge in [0.05, 0.1) is 0 Å². The van der Waals surface area contributed by atoms with Gasteiger partial charge in [-0.1, -0.05) is 31.2 Å². The molecule has 2 aromatic rings. The van der Waals surface area contributed by atoms with Crippen LogP contribution in [0, 0.1) is 0 Å². The third-order valence-corrected chi connectivity index (χ3v) is 3.68. The number of hydrogen-bond donors (Lipinski definition) is 2. The lowest BCUT2D eigenvalue weighted by Gasteiger charge is -2.10. The quantitative estimate of drug-likeness (QED) is 0.877. The zero-order valence-corrected chi connectivity index (χ0v) is 11.6. The highest BCUT2D eigenvalue weighted by atomic mass is 16.1. The van der Waals surface area contributed by atoms with E-state index in [-0.39, 0.29) is 5.56 Å². The van der Waals surface area contributed by atoms with E-state index >= 15 is 0 Å². The zero-order valence-electron chi connectivity index (χ0n) is 11.6. The van der Waals surface area contributed by atoms with Crippen molar-refractivity contribution < 1.29 is 0 Å². The van der Waals surface area contributed by atoms with Crippen LogP contribution in [0.2, 0.25) is 0 Å². The van der Waals surface area contributed by atoms with Gasteiger partial charge in [0.25, 0.3) is 5.56 Å². The number of hydrogen-bond acceptors (Lipinski definition) is 3. The lowest BCUT2D eigenvalue weighted by atomic mass is 10.1. The van der Waals surface area contributed by atoms with Crippen molar-refractivity contribution in [2.75, 3.05) is 5.32 Å². The summed E-state index contributed by atoms with van der Waals surface area (Å²) in [6.07, 6.45) is 3.27. The van der Waals surface area contributed by atoms with Crippen LogP contribution in [0.5, 0.6) is 0 Å². The van der Waals surface area contributed by atoms with E-state index in [0.717, 1.165) is 25.1 Å². The molecule has 1 aliphatic rings. The van der Waals surface area contributed by atoms with E-state index in [2.05, 4.69) is 40.4 Å². The van der Waals surface area contributed by atoms with Crippen molar-refractivity contribution in [3.63, 3.8) is 0 Å². The molecule has 20 heavy (non-hydrogen) atoms. The predicted octanol–water partition coefficient (Wildman–Crippen LogP) is 2.82. The molecule has 0 bridgehead atoms. The first-order chi connectivity index (χ1) is 9.76. The first-order valence-corrected chi connectivity index (χ1v) is 7.18. The number of rotatable bonds is 5. The molecule has 1 aromatic heterocycles. The summed E-state index contributed by atoms with van der Waals surface area (Å²) in [5, 5.41) is 3.27. The number of aromatic nitrogens is 2. The summed E-state index contributed by atoms with van der Waals surface area (Å²) in [7, 11) is 0. The smallest absolute Gasteiger partial charge is 0.252 e. The van der Waals surface area contributed by atoms with Crippen molar-refractivity contribution in [3.05, 3.63) is 57.6 Å². The number of aromatic amines is 1. The first-order valence-electron chi connectivity index (χ1n) is 7.18. The molecule has 2 N–H and O–H groups in total. The topological polar surface area (TPSA) is 57.8 Å². The standard InChI is InChI=1S/C16H19N3O/c1-2-11-5-3-4-6-13(11)10-17-14-9-15(20)19-16(18-14)12-7-8-12/h3-6,9,12H,2,7-8,10H2,1H3,(H2,17,18,19,20). The molecule has 0 saturated heterocycles. The monoisotopic (exact) mass is 269 g/mol. The SMILES string of the molecule is CCc1ccccc1CNc1cc(=O)[nH]c(C2CC2)n1. The Hall–Kier alpha value is -2.10. The largest absolute Gasteiger partial charge is 0.366 e. The molecule has 0 atom stereocenters. The maximum absolute atomic E-state index is 11.6. The lowest BCUT2D eigenvalue weighted by molar-refractivity contribution is 0.902. The molecule has 0 aliphatic heterocycles. The summed E-state index contributed by atoms with van der Waals surface area (Å²) in [6, 6.07) is 9.87. The van der Waals surface area contributed by atoms with E-state index in [1.165, 1.54) is 17.2 Å². The average molecular weight is 269 g/mol. The van der Waals surface area contributed by atoms with Crippen molar-refractivity contribution in [1.29, 1.82) is 0 Å². The Kier molecular flexibility index (Phi) is 3.54. The van der Waals surface area contributed by atoms with Crippen molar-refractivity contribution in [1.82, 2.24) is 9.97 Å². The summed E-state index contributed by atoms with van der Waals surface area (Å²) in [6.45, 7) is 2.85. The van der Waals surface area contributed by atoms with E-state index in [9.17, 15) is 4.79 Å². The predicted molar refractivity (Wildman–Crippen MR) is 80.0 cm³/mol. The van der Waals surface area contributed by atoms with Gasteiger partial charge in [0.15, 0.2) is 0 Å². The molecule has 1 heterocycles. The number of benzene rings is 1.